The zero-order chi connectivity index (χ0) is 30.1. The first kappa shape index (κ1) is 28.7. The number of aromatic nitrogens is 2. The van der Waals surface area contributed by atoms with Crippen LogP contribution in [0.1, 0.15) is 53.5 Å². The lowest BCUT2D eigenvalue weighted by molar-refractivity contribution is -0.138. The first-order valence-corrected chi connectivity index (χ1v) is 13.3. The van der Waals surface area contributed by atoms with Crippen molar-refractivity contribution < 1.29 is 27.5 Å². The maximum atomic E-state index is 13.7. The molecular formula is C30H29F3N6O3. The Labute approximate surface area is 241 Å². The van der Waals surface area contributed by atoms with Crippen molar-refractivity contribution in [2.24, 2.45) is 0 Å². The number of carbonyl (C=O) groups excluding carboxylic acids is 2. The van der Waals surface area contributed by atoms with E-state index in [1.807, 2.05) is 32.9 Å². The van der Waals surface area contributed by atoms with Crippen LogP contribution in [-0.4, -0.2) is 58.6 Å². The number of rotatable bonds is 3. The summed E-state index contributed by atoms with van der Waals surface area (Å²) in [6, 6.07) is 12.3. The largest absolute Gasteiger partial charge is 0.444 e. The average molecular weight is 579 g/mol. The standard InChI is InChI=1S/C30H29F3N6O3/c1-29(2,3)42-28(41)39-15-13-38(14-16-39)22-10-8-21(9-11-22)36-27-35-18-23(30(31,32)33)24(37-27)12-7-19-5-4-6-20-17-34-26(40)25(19)20/h4-6,8-11,18H,13-17H2,1-3H3,(H,34,40)(H,35,36,37). The summed E-state index contributed by atoms with van der Waals surface area (Å²) < 4.78 is 46.6. The van der Waals surface area contributed by atoms with Gasteiger partial charge in [-0.1, -0.05) is 18.1 Å². The topological polar surface area (TPSA) is 99.7 Å². The molecule has 2 N–H and O–H groups in total. The number of carbonyl (C=O) groups is 2. The molecule has 1 saturated heterocycles. The molecule has 2 aromatic carbocycles. The maximum Gasteiger partial charge on any atom is 0.420 e. The van der Waals surface area contributed by atoms with Crippen LogP contribution in [0.3, 0.4) is 0 Å². The molecule has 218 valence electrons. The van der Waals surface area contributed by atoms with Gasteiger partial charge in [0.2, 0.25) is 5.95 Å². The van der Waals surface area contributed by atoms with Crippen LogP contribution in [0.25, 0.3) is 0 Å². The fourth-order valence-corrected chi connectivity index (χ4v) is 4.61. The van der Waals surface area contributed by atoms with Crippen molar-refractivity contribution in [3.05, 3.63) is 76.6 Å². The van der Waals surface area contributed by atoms with Crippen molar-refractivity contribution >= 4 is 29.3 Å². The van der Waals surface area contributed by atoms with E-state index in [2.05, 4.69) is 37.3 Å². The second-order valence-corrected chi connectivity index (χ2v) is 10.9. The molecule has 5 rings (SSSR count). The summed E-state index contributed by atoms with van der Waals surface area (Å²) in [4.78, 5) is 36.2. The Morgan fingerprint density at radius 1 is 1.02 bits per heavy atom. The number of ether oxygens (including phenoxy) is 1. The molecule has 0 aliphatic carbocycles. The highest BCUT2D eigenvalue weighted by Crippen LogP contribution is 2.31. The molecule has 2 aliphatic rings. The van der Waals surface area contributed by atoms with E-state index >= 15 is 0 Å². The number of alkyl halides is 3. The van der Waals surface area contributed by atoms with E-state index in [4.69, 9.17) is 4.74 Å². The van der Waals surface area contributed by atoms with Crippen LogP contribution in [0.4, 0.5) is 35.3 Å². The van der Waals surface area contributed by atoms with E-state index in [9.17, 15) is 22.8 Å². The third kappa shape index (κ3) is 6.57. The second-order valence-electron chi connectivity index (χ2n) is 10.9. The summed E-state index contributed by atoms with van der Waals surface area (Å²) in [5, 5.41) is 5.62. The Morgan fingerprint density at radius 3 is 2.40 bits per heavy atom. The molecule has 9 nitrogen and oxygen atoms in total. The van der Waals surface area contributed by atoms with Crippen LogP contribution in [0.2, 0.25) is 0 Å². The fraction of sp³-hybridized carbons (Fsp3) is 0.333. The van der Waals surface area contributed by atoms with Gasteiger partial charge in [-0.15, -0.1) is 0 Å². The number of hydrogen-bond acceptors (Lipinski definition) is 7. The minimum atomic E-state index is -4.71. The van der Waals surface area contributed by atoms with Crippen LogP contribution >= 0.6 is 0 Å². The van der Waals surface area contributed by atoms with Gasteiger partial charge in [0.25, 0.3) is 5.91 Å². The Morgan fingerprint density at radius 2 is 1.74 bits per heavy atom. The number of piperazine rings is 1. The normalized spacial score (nSPS) is 15.0. The fourth-order valence-electron chi connectivity index (χ4n) is 4.61. The van der Waals surface area contributed by atoms with Crippen LogP contribution in [-0.2, 0) is 17.5 Å². The quantitative estimate of drug-likeness (QED) is 0.425. The predicted octanol–water partition coefficient (Wildman–Crippen LogP) is 4.94. The molecule has 2 aliphatic heterocycles. The van der Waals surface area contributed by atoms with Gasteiger partial charge >= 0.3 is 12.3 Å². The van der Waals surface area contributed by atoms with Gasteiger partial charge in [0.1, 0.15) is 16.9 Å². The van der Waals surface area contributed by atoms with Gasteiger partial charge in [-0.2, -0.15) is 13.2 Å². The van der Waals surface area contributed by atoms with E-state index < -0.39 is 23.0 Å². The third-order valence-electron chi connectivity index (χ3n) is 6.65. The molecule has 1 fully saturated rings. The summed E-state index contributed by atoms with van der Waals surface area (Å²) in [7, 11) is 0. The highest BCUT2D eigenvalue weighted by atomic mass is 19.4. The Kier molecular flexibility index (Phi) is 7.69. The monoisotopic (exact) mass is 578 g/mol. The Bertz CT molecular complexity index is 1560. The van der Waals surface area contributed by atoms with Crippen LogP contribution in [0, 0.1) is 11.8 Å². The lowest BCUT2D eigenvalue weighted by Gasteiger charge is -2.36. The summed E-state index contributed by atoms with van der Waals surface area (Å²) in [6.07, 6.45) is -4.35. The molecule has 1 aromatic heterocycles. The highest BCUT2D eigenvalue weighted by molar-refractivity contribution is 6.00. The number of amides is 2. The number of halogens is 3. The summed E-state index contributed by atoms with van der Waals surface area (Å²) in [6.45, 7) is 8.14. The molecule has 0 unspecified atom stereocenters. The second kappa shape index (κ2) is 11.2. The smallest absolute Gasteiger partial charge is 0.420 e. The van der Waals surface area contributed by atoms with Gasteiger partial charge in [0.15, 0.2) is 0 Å². The van der Waals surface area contributed by atoms with Gasteiger partial charge in [-0.3, -0.25) is 4.79 Å². The minimum Gasteiger partial charge on any atom is -0.444 e. The molecule has 12 heteroatoms. The first-order valence-electron chi connectivity index (χ1n) is 13.3. The number of nitrogens with one attached hydrogen (secondary N) is 2. The van der Waals surface area contributed by atoms with E-state index in [0.29, 0.717) is 55.7 Å². The number of anilines is 3. The maximum absolute atomic E-state index is 13.7. The SMILES string of the molecule is CC(C)(C)OC(=O)N1CCN(c2ccc(Nc3ncc(C(F)(F)F)c(C#Cc4cccc5c4C(=O)NC5)n3)cc2)CC1. The van der Waals surface area contributed by atoms with E-state index in [1.165, 1.54) is 0 Å². The van der Waals surface area contributed by atoms with Gasteiger partial charge in [-0.05, 0) is 62.6 Å². The molecule has 0 spiro atoms. The molecular weight excluding hydrogens is 549 g/mol. The molecule has 3 aromatic rings. The highest BCUT2D eigenvalue weighted by Gasteiger charge is 2.35. The molecule has 0 atom stereocenters. The van der Waals surface area contributed by atoms with Crippen molar-refractivity contribution in [3.63, 3.8) is 0 Å². The van der Waals surface area contributed by atoms with Gasteiger partial charge in [-0.25, -0.2) is 14.8 Å². The molecule has 0 radical (unpaired) electrons. The molecule has 0 bridgehead atoms. The minimum absolute atomic E-state index is 0.0536. The number of nitrogens with zero attached hydrogens (tertiary/aromatic N) is 4. The molecule has 42 heavy (non-hydrogen) atoms. The van der Waals surface area contributed by atoms with Gasteiger partial charge < -0.3 is 25.2 Å². The molecule has 0 saturated carbocycles. The lowest BCUT2D eigenvalue weighted by atomic mass is 10.0. The van der Waals surface area contributed by atoms with Crippen molar-refractivity contribution in [2.45, 2.75) is 39.1 Å². The summed E-state index contributed by atoms with van der Waals surface area (Å²) >= 11 is 0. The zero-order valence-corrected chi connectivity index (χ0v) is 23.3. The van der Waals surface area contributed by atoms with Crippen LogP contribution in [0.5, 0.6) is 0 Å². The molecule has 3 heterocycles. The number of fused-ring (bicyclic) bond motifs is 1. The third-order valence-corrected chi connectivity index (χ3v) is 6.65. The summed E-state index contributed by atoms with van der Waals surface area (Å²) in [5.74, 6) is 4.83. The van der Waals surface area contributed by atoms with Crippen molar-refractivity contribution in [1.82, 2.24) is 20.2 Å². The van der Waals surface area contributed by atoms with Gasteiger partial charge in [0, 0.05) is 55.9 Å². The van der Waals surface area contributed by atoms with Gasteiger partial charge in [0.05, 0.1) is 5.56 Å². The Hall–Kier alpha value is -4.79. The predicted molar refractivity (Wildman–Crippen MR) is 150 cm³/mol. The zero-order valence-electron chi connectivity index (χ0n) is 23.3. The van der Waals surface area contributed by atoms with E-state index in [0.717, 1.165) is 11.3 Å². The summed E-state index contributed by atoms with van der Waals surface area (Å²) in [5.41, 5.74) is 0.797. The van der Waals surface area contributed by atoms with Crippen molar-refractivity contribution in [2.75, 3.05) is 36.4 Å². The van der Waals surface area contributed by atoms with Crippen LogP contribution in [0.15, 0.2) is 48.7 Å². The Balaban J connectivity index is 1.29. The first-order chi connectivity index (χ1) is 19.9. The number of hydrogen-bond donors (Lipinski definition) is 2. The molecule has 2 amide bonds. The van der Waals surface area contributed by atoms with Crippen molar-refractivity contribution in [3.8, 4) is 11.8 Å². The van der Waals surface area contributed by atoms with E-state index in [-0.39, 0.29) is 17.9 Å². The number of benzene rings is 2. The van der Waals surface area contributed by atoms with E-state index in [1.54, 1.807) is 35.2 Å². The van der Waals surface area contributed by atoms with Crippen molar-refractivity contribution in [1.29, 1.82) is 0 Å². The average Bonchev–Trinajstić information content (AvgIpc) is 3.32. The lowest BCUT2D eigenvalue weighted by Crippen LogP contribution is -2.50. The van der Waals surface area contributed by atoms with Crippen LogP contribution < -0.4 is 15.5 Å².